The SMILES string of the molecule is Cc1cc(CNC(=O)c2n[nH]c(NC(=O)c3ccccc3Cl)c2Br)no1. The summed E-state index contributed by atoms with van der Waals surface area (Å²) in [5.41, 5.74) is 0.998. The van der Waals surface area contributed by atoms with Gasteiger partial charge < -0.3 is 15.2 Å². The van der Waals surface area contributed by atoms with Crippen LogP contribution in [0.5, 0.6) is 0 Å². The second kappa shape index (κ2) is 7.71. The Morgan fingerprint density at radius 1 is 1.31 bits per heavy atom. The van der Waals surface area contributed by atoms with E-state index in [0.717, 1.165) is 0 Å². The van der Waals surface area contributed by atoms with Gasteiger partial charge in [0.25, 0.3) is 11.8 Å². The van der Waals surface area contributed by atoms with Gasteiger partial charge in [0.15, 0.2) is 5.69 Å². The predicted octanol–water partition coefficient (Wildman–Crippen LogP) is 3.30. The average molecular weight is 439 g/mol. The number of halogens is 2. The molecule has 10 heteroatoms. The fraction of sp³-hybridized carbons (Fsp3) is 0.125. The summed E-state index contributed by atoms with van der Waals surface area (Å²) < 4.78 is 5.26. The van der Waals surface area contributed by atoms with Crippen LogP contribution in [0.15, 0.2) is 39.3 Å². The quantitative estimate of drug-likeness (QED) is 0.566. The first kappa shape index (κ1) is 18.2. The number of hydrogen-bond donors (Lipinski definition) is 3. The summed E-state index contributed by atoms with van der Waals surface area (Å²) in [5, 5.41) is 15.9. The van der Waals surface area contributed by atoms with E-state index in [4.69, 9.17) is 16.1 Å². The Balaban J connectivity index is 1.68. The topological polar surface area (TPSA) is 113 Å². The summed E-state index contributed by atoms with van der Waals surface area (Å²) in [6.45, 7) is 1.95. The van der Waals surface area contributed by atoms with E-state index in [0.29, 0.717) is 26.5 Å². The highest BCUT2D eigenvalue weighted by atomic mass is 79.9. The zero-order chi connectivity index (χ0) is 18.7. The third-order valence-corrected chi connectivity index (χ3v) is 4.49. The molecule has 26 heavy (non-hydrogen) atoms. The van der Waals surface area contributed by atoms with Gasteiger partial charge in [-0.25, -0.2) is 0 Å². The number of H-pyrrole nitrogens is 1. The average Bonchev–Trinajstić information content (AvgIpc) is 3.19. The Kier molecular flexibility index (Phi) is 5.38. The van der Waals surface area contributed by atoms with Crippen LogP contribution in [0.1, 0.15) is 32.3 Å². The van der Waals surface area contributed by atoms with Gasteiger partial charge >= 0.3 is 0 Å². The van der Waals surface area contributed by atoms with Crippen molar-refractivity contribution < 1.29 is 14.1 Å². The maximum absolute atomic E-state index is 12.3. The van der Waals surface area contributed by atoms with Crippen molar-refractivity contribution >= 4 is 45.2 Å². The van der Waals surface area contributed by atoms with Crippen molar-refractivity contribution in [1.82, 2.24) is 20.7 Å². The minimum atomic E-state index is -0.438. The summed E-state index contributed by atoms with van der Waals surface area (Å²) >= 11 is 9.27. The molecule has 0 atom stereocenters. The van der Waals surface area contributed by atoms with E-state index in [1.807, 2.05) is 0 Å². The van der Waals surface area contributed by atoms with Gasteiger partial charge in [-0.1, -0.05) is 28.9 Å². The Morgan fingerprint density at radius 3 is 2.77 bits per heavy atom. The largest absolute Gasteiger partial charge is 0.361 e. The molecule has 0 bridgehead atoms. The fourth-order valence-electron chi connectivity index (χ4n) is 2.14. The van der Waals surface area contributed by atoms with Crippen molar-refractivity contribution in [3.63, 3.8) is 0 Å². The lowest BCUT2D eigenvalue weighted by atomic mass is 10.2. The van der Waals surface area contributed by atoms with Crippen LogP contribution in [0.3, 0.4) is 0 Å². The van der Waals surface area contributed by atoms with Gasteiger partial charge in [0, 0.05) is 6.07 Å². The maximum atomic E-state index is 12.3. The second-order valence-corrected chi connectivity index (χ2v) is 6.51. The molecule has 8 nitrogen and oxygen atoms in total. The number of aromatic nitrogens is 3. The van der Waals surface area contributed by atoms with Crippen LogP contribution >= 0.6 is 27.5 Å². The van der Waals surface area contributed by atoms with Gasteiger partial charge in [-0.3, -0.25) is 14.7 Å². The lowest BCUT2D eigenvalue weighted by Gasteiger charge is -2.05. The molecule has 2 aromatic heterocycles. The molecule has 0 fully saturated rings. The van der Waals surface area contributed by atoms with E-state index in [1.165, 1.54) is 0 Å². The van der Waals surface area contributed by atoms with Crippen LogP contribution in [0.25, 0.3) is 0 Å². The first-order chi connectivity index (χ1) is 12.5. The molecule has 134 valence electrons. The number of amides is 2. The Labute approximate surface area is 161 Å². The summed E-state index contributed by atoms with van der Waals surface area (Å²) in [4.78, 5) is 24.5. The number of nitrogens with one attached hydrogen (secondary N) is 3. The summed E-state index contributed by atoms with van der Waals surface area (Å²) in [6.07, 6.45) is 0. The van der Waals surface area contributed by atoms with E-state index in [2.05, 4.69) is 41.9 Å². The summed E-state index contributed by atoms with van der Waals surface area (Å²) in [7, 11) is 0. The predicted molar refractivity (Wildman–Crippen MR) is 98.1 cm³/mol. The number of rotatable bonds is 5. The molecule has 3 aromatic rings. The normalized spacial score (nSPS) is 10.6. The van der Waals surface area contributed by atoms with Crippen molar-refractivity contribution in [2.75, 3.05) is 5.32 Å². The van der Waals surface area contributed by atoms with E-state index in [9.17, 15) is 9.59 Å². The smallest absolute Gasteiger partial charge is 0.273 e. The molecule has 0 saturated heterocycles. The van der Waals surface area contributed by atoms with Gasteiger partial charge in [0.1, 0.15) is 17.3 Å². The number of benzene rings is 1. The molecule has 2 heterocycles. The van der Waals surface area contributed by atoms with Crippen LogP contribution in [-0.2, 0) is 6.54 Å². The molecular weight excluding hydrogens is 426 g/mol. The molecule has 0 aliphatic rings. The third kappa shape index (κ3) is 3.94. The minimum Gasteiger partial charge on any atom is -0.361 e. The van der Waals surface area contributed by atoms with Crippen molar-refractivity contribution in [2.24, 2.45) is 0 Å². The fourth-order valence-corrected chi connectivity index (χ4v) is 2.82. The van der Waals surface area contributed by atoms with Crippen LogP contribution in [-0.4, -0.2) is 27.2 Å². The van der Waals surface area contributed by atoms with Crippen LogP contribution < -0.4 is 10.6 Å². The van der Waals surface area contributed by atoms with E-state index < -0.39 is 11.8 Å². The van der Waals surface area contributed by atoms with Crippen LogP contribution in [0.2, 0.25) is 5.02 Å². The molecule has 0 spiro atoms. The zero-order valence-corrected chi connectivity index (χ0v) is 15.8. The first-order valence-electron chi connectivity index (χ1n) is 7.46. The monoisotopic (exact) mass is 437 g/mol. The van der Waals surface area contributed by atoms with E-state index in [-0.39, 0.29) is 18.1 Å². The highest BCUT2D eigenvalue weighted by Crippen LogP contribution is 2.25. The molecule has 0 saturated carbocycles. The van der Waals surface area contributed by atoms with E-state index in [1.54, 1.807) is 37.3 Å². The number of nitrogens with zero attached hydrogens (tertiary/aromatic N) is 2. The van der Waals surface area contributed by atoms with Crippen LogP contribution in [0, 0.1) is 6.92 Å². The van der Waals surface area contributed by atoms with E-state index >= 15 is 0 Å². The number of aromatic amines is 1. The molecule has 0 radical (unpaired) electrons. The van der Waals surface area contributed by atoms with Crippen molar-refractivity contribution in [2.45, 2.75) is 13.5 Å². The highest BCUT2D eigenvalue weighted by Gasteiger charge is 2.20. The minimum absolute atomic E-state index is 0.0969. The van der Waals surface area contributed by atoms with Gasteiger partial charge in [-0.05, 0) is 35.0 Å². The lowest BCUT2D eigenvalue weighted by molar-refractivity contribution is 0.0943. The lowest BCUT2D eigenvalue weighted by Crippen LogP contribution is -2.23. The summed E-state index contributed by atoms with van der Waals surface area (Å²) in [5.74, 6) is 0.0362. The zero-order valence-electron chi connectivity index (χ0n) is 13.5. The Bertz CT molecular complexity index is 968. The Hall–Kier alpha value is -2.65. The molecule has 0 aliphatic heterocycles. The molecule has 0 aliphatic carbocycles. The summed E-state index contributed by atoms with van der Waals surface area (Å²) in [6, 6.07) is 8.35. The highest BCUT2D eigenvalue weighted by molar-refractivity contribution is 9.10. The van der Waals surface area contributed by atoms with Crippen LogP contribution in [0.4, 0.5) is 5.82 Å². The third-order valence-electron chi connectivity index (χ3n) is 3.39. The molecule has 3 N–H and O–H groups in total. The van der Waals surface area contributed by atoms with Crippen molar-refractivity contribution in [3.8, 4) is 0 Å². The molecule has 0 unspecified atom stereocenters. The molecule has 2 amide bonds. The molecular formula is C16H13BrClN5O3. The number of anilines is 1. The maximum Gasteiger partial charge on any atom is 0.273 e. The van der Waals surface area contributed by atoms with Gasteiger partial charge in [0.05, 0.1) is 21.6 Å². The van der Waals surface area contributed by atoms with Crippen molar-refractivity contribution in [1.29, 1.82) is 0 Å². The van der Waals surface area contributed by atoms with Gasteiger partial charge in [-0.15, -0.1) is 0 Å². The standard InChI is InChI=1S/C16H13BrClN5O3/c1-8-6-9(23-26-8)7-19-16(25)13-12(17)14(22-21-13)20-15(24)10-4-2-3-5-11(10)18/h2-6H,7H2,1H3,(H,19,25)(H2,20,21,22,24). The van der Waals surface area contributed by atoms with Crippen molar-refractivity contribution in [3.05, 3.63) is 62.5 Å². The second-order valence-electron chi connectivity index (χ2n) is 5.31. The first-order valence-corrected chi connectivity index (χ1v) is 8.63. The molecule has 1 aromatic carbocycles. The van der Waals surface area contributed by atoms with Gasteiger partial charge in [0.2, 0.25) is 0 Å². The number of carbonyl (C=O) groups is 2. The Morgan fingerprint density at radius 2 is 2.08 bits per heavy atom. The van der Waals surface area contributed by atoms with Gasteiger partial charge in [-0.2, -0.15) is 5.10 Å². The number of aryl methyl sites for hydroxylation is 1. The number of hydrogen-bond acceptors (Lipinski definition) is 5. The molecule has 3 rings (SSSR count). The number of carbonyl (C=O) groups excluding carboxylic acids is 2.